The van der Waals surface area contributed by atoms with Crippen molar-refractivity contribution in [3.8, 4) is 0 Å². The smallest absolute Gasteiger partial charge is 0.315 e. The van der Waals surface area contributed by atoms with Gasteiger partial charge in [-0.2, -0.15) is 0 Å². The quantitative estimate of drug-likeness (QED) is 0.736. The van der Waals surface area contributed by atoms with E-state index in [0.29, 0.717) is 30.7 Å². The number of carbonyl (C=O) groups excluding carboxylic acids is 2. The number of rotatable bonds is 4. The van der Waals surface area contributed by atoms with Crippen LogP contribution in [0, 0.1) is 5.92 Å². The molecule has 2 aliphatic rings. The van der Waals surface area contributed by atoms with Crippen molar-refractivity contribution in [1.82, 2.24) is 4.98 Å². The lowest BCUT2D eigenvalue weighted by Gasteiger charge is -2.36. The average Bonchev–Trinajstić information content (AvgIpc) is 2.74. The molecule has 148 valence electrons. The minimum absolute atomic E-state index is 0.0625. The van der Waals surface area contributed by atoms with Gasteiger partial charge in [-0.1, -0.05) is 30.3 Å². The van der Waals surface area contributed by atoms with Crippen LogP contribution >= 0.6 is 0 Å². The Kier molecular flexibility index (Phi) is 5.38. The van der Waals surface area contributed by atoms with Crippen molar-refractivity contribution in [2.75, 3.05) is 6.61 Å². The normalized spacial score (nSPS) is 24.0. The largest absolute Gasteiger partial charge is 0.465 e. The zero-order chi connectivity index (χ0) is 20.4. The molecule has 3 atom stereocenters. The molecular formula is C24H24N2O3. The van der Waals surface area contributed by atoms with Crippen LogP contribution in [0.3, 0.4) is 0 Å². The maximum Gasteiger partial charge on any atom is 0.315 e. The second-order valence-electron chi connectivity index (χ2n) is 7.54. The zero-order valence-corrected chi connectivity index (χ0v) is 16.7. The van der Waals surface area contributed by atoms with Crippen molar-refractivity contribution in [1.29, 1.82) is 0 Å². The topological polar surface area (TPSA) is 68.6 Å². The van der Waals surface area contributed by atoms with Crippen LogP contribution in [0.1, 0.15) is 49.7 Å². The maximum atomic E-state index is 13.3. The van der Waals surface area contributed by atoms with E-state index in [-0.39, 0.29) is 23.6 Å². The molecule has 2 heterocycles. The average molecular weight is 388 g/mol. The van der Waals surface area contributed by atoms with Gasteiger partial charge < -0.3 is 4.74 Å². The van der Waals surface area contributed by atoms with E-state index in [1.165, 1.54) is 0 Å². The molecule has 0 N–H and O–H groups in total. The van der Waals surface area contributed by atoms with Gasteiger partial charge in [0.2, 0.25) is 0 Å². The second kappa shape index (κ2) is 8.11. The number of aliphatic imine (C=N–C) groups is 1. The van der Waals surface area contributed by atoms with Crippen molar-refractivity contribution in [3.63, 3.8) is 0 Å². The van der Waals surface area contributed by atoms with Gasteiger partial charge in [-0.15, -0.1) is 0 Å². The molecule has 0 amide bonds. The van der Waals surface area contributed by atoms with Crippen LogP contribution in [-0.4, -0.2) is 29.1 Å². The fourth-order valence-corrected chi connectivity index (χ4v) is 4.49. The summed E-state index contributed by atoms with van der Waals surface area (Å²) in [6.45, 7) is 3.94. The number of ether oxygens (including phenoxy) is 1. The van der Waals surface area contributed by atoms with Crippen LogP contribution in [0.4, 0.5) is 0 Å². The molecule has 0 radical (unpaired) electrons. The van der Waals surface area contributed by atoms with Gasteiger partial charge in [-0.05, 0) is 49.4 Å². The van der Waals surface area contributed by atoms with Gasteiger partial charge in [-0.25, -0.2) is 0 Å². The summed E-state index contributed by atoms with van der Waals surface area (Å²) in [5, 5.41) is 0. The molecule has 0 fully saturated rings. The number of ketones is 1. The fourth-order valence-electron chi connectivity index (χ4n) is 4.49. The molecule has 5 nitrogen and oxygen atoms in total. The van der Waals surface area contributed by atoms with Crippen LogP contribution < -0.4 is 0 Å². The summed E-state index contributed by atoms with van der Waals surface area (Å²) in [6, 6.07) is 13.8. The van der Waals surface area contributed by atoms with Crippen LogP contribution in [0.25, 0.3) is 0 Å². The zero-order valence-electron chi connectivity index (χ0n) is 16.7. The fraction of sp³-hybridized carbons (Fsp3) is 0.333. The van der Waals surface area contributed by atoms with Crippen molar-refractivity contribution < 1.29 is 14.3 Å². The predicted molar refractivity (Wildman–Crippen MR) is 111 cm³/mol. The van der Waals surface area contributed by atoms with Crippen LogP contribution in [0.15, 0.2) is 71.1 Å². The number of pyridine rings is 1. The lowest BCUT2D eigenvalue weighted by molar-refractivity contribution is -0.146. The summed E-state index contributed by atoms with van der Waals surface area (Å²) >= 11 is 0. The number of aromatic nitrogens is 1. The number of benzene rings is 1. The molecule has 1 unspecified atom stereocenters. The molecule has 1 aliphatic heterocycles. The van der Waals surface area contributed by atoms with Gasteiger partial charge in [0.1, 0.15) is 5.92 Å². The van der Waals surface area contributed by atoms with Gasteiger partial charge in [-0.3, -0.25) is 19.6 Å². The van der Waals surface area contributed by atoms with Gasteiger partial charge in [0.15, 0.2) is 5.78 Å². The minimum atomic E-state index is -0.590. The first-order valence-corrected chi connectivity index (χ1v) is 10.0. The first-order chi connectivity index (χ1) is 14.1. The molecule has 5 heteroatoms. The lowest BCUT2D eigenvalue weighted by atomic mass is 9.69. The molecule has 0 bridgehead atoms. The molecule has 0 spiro atoms. The Balaban J connectivity index is 1.79. The summed E-state index contributed by atoms with van der Waals surface area (Å²) in [7, 11) is 0. The maximum absolute atomic E-state index is 13.3. The van der Waals surface area contributed by atoms with Crippen LogP contribution in [0.2, 0.25) is 0 Å². The number of allylic oxidation sites excluding steroid dienone is 2. The predicted octanol–water partition coefficient (Wildman–Crippen LogP) is 4.22. The van der Waals surface area contributed by atoms with Gasteiger partial charge in [0.05, 0.1) is 6.61 Å². The van der Waals surface area contributed by atoms with Crippen molar-refractivity contribution >= 4 is 17.5 Å². The number of nitrogens with zero attached hydrogens (tertiary/aromatic N) is 2. The van der Waals surface area contributed by atoms with E-state index in [4.69, 9.17) is 9.73 Å². The lowest BCUT2D eigenvalue weighted by Crippen LogP contribution is -2.38. The summed E-state index contributed by atoms with van der Waals surface area (Å²) in [5.41, 5.74) is 4.20. The molecule has 2 aromatic rings. The third-order valence-electron chi connectivity index (χ3n) is 5.77. The molecule has 1 aliphatic carbocycles. The van der Waals surface area contributed by atoms with E-state index >= 15 is 0 Å². The van der Waals surface area contributed by atoms with E-state index in [1.54, 1.807) is 19.3 Å². The second-order valence-corrected chi connectivity index (χ2v) is 7.54. The van der Waals surface area contributed by atoms with E-state index in [2.05, 4.69) is 17.1 Å². The monoisotopic (exact) mass is 388 g/mol. The van der Waals surface area contributed by atoms with Gasteiger partial charge in [0.25, 0.3) is 0 Å². The number of hydrogen-bond acceptors (Lipinski definition) is 5. The number of esters is 1. The SMILES string of the molecule is CCOC(=O)C1C(C)=NC2=C(C(=O)C[C@@H](c3ccccc3)C2)[C@H]1c1ccncc1. The highest BCUT2D eigenvalue weighted by Gasteiger charge is 2.44. The summed E-state index contributed by atoms with van der Waals surface area (Å²) in [6.07, 6.45) is 4.51. The highest BCUT2D eigenvalue weighted by Crippen LogP contribution is 2.46. The highest BCUT2D eigenvalue weighted by molar-refractivity contribution is 6.09. The molecule has 4 rings (SSSR count). The molecule has 0 saturated carbocycles. The number of Topliss-reactive ketones (excluding diaryl/α,β-unsaturated/α-hetero) is 1. The Bertz CT molecular complexity index is 980. The Morgan fingerprint density at radius 1 is 1.07 bits per heavy atom. The highest BCUT2D eigenvalue weighted by atomic mass is 16.5. The van der Waals surface area contributed by atoms with Gasteiger partial charge >= 0.3 is 5.97 Å². The summed E-state index contributed by atoms with van der Waals surface area (Å²) in [5.74, 6) is -1.13. The minimum Gasteiger partial charge on any atom is -0.465 e. The van der Waals surface area contributed by atoms with Gasteiger partial charge in [0, 0.05) is 41.7 Å². The van der Waals surface area contributed by atoms with Crippen molar-refractivity contribution in [3.05, 3.63) is 77.3 Å². The van der Waals surface area contributed by atoms with E-state index in [1.807, 2.05) is 37.3 Å². The van der Waals surface area contributed by atoms with Crippen molar-refractivity contribution in [2.24, 2.45) is 10.9 Å². The first-order valence-electron chi connectivity index (χ1n) is 10.0. The number of carbonyl (C=O) groups is 2. The van der Waals surface area contributed by atoms with Crippen LogP contribution in [0.5, 0.6) is 0 Å². The summed E-state index contributed by atoms with van der Waals surface area (Å²) in [4.78, 5) is 35.0. The first kappa shape index (κ1) is 19.2. The van der Waals surface area contributed by atoms with E-state index in [9.17, 15) is 9.59 Å². The summed E-state index contributed by atoms with van der Waals surface area (Å²) < 4.78 is 5.34. The standard InChI is InChI=1S/C24H24N2O3/c1-3-29-24(28)21-15(2)26-19-13-18(16-7-5-4-6-8-16)14-20(27)23(19)22(21)17-9-11-25-12-10-17/h4-12,18,21-22H,3,13-14H2,1-2H3/t18-,21?,22-/m0/s1. The molecule has 1 aromatic heterocycles. The molecule has 0 saturated heterocycles. The van der Waals surface area contributed by atoms with Crippen molar-refractivity contribution in [2.45, 2.75) is 38.5 Å². The number of hydrogen-bond donors (Lipinski definition) is 0. The molecular weight excluding hydrogens is 364 g/mol. The van der Waals surface area contributed by atoms with Crippen LogP contribution in [-0.2, 0) is 14.3 Å². The van der Waals surface area contributed by atoms with E-state index < -0.39 is 5.92 Å². The Hall–Kier alpha value is -3.08. The third kappa shape index (κ3) is 3.65. The molecule has 29 heavy (non-hydrogen) atoms. The van der Waals surface area contributed by atoms with E-state index in [0.717, 1.165) is 16.8 Å². The Labute approximate surface area is 170 Å². The molecule has 1 aromatic carbocycles. The third-order valence-corrected chi connectivity index (χ3v) is 5.77. The Morgan fingerprint density at radius 3 is 2.48 bits per heavy atom. The Morgan fingerprint density at radius 2 is 1.79 bits per heavy atom.